The number of carbonyl (C=O) groups excluding carboxylic acids is 1. The topological polar surface area (TPSA) is 116 Å². The molecule has 0 fully saturated rings. The Morgan fingerprint density at radius 3 is 2.42 bits per heavy atom. The van der Waals surface area contributed by atoms with Gasteiger partial charge < -0.3 is 15.4 Å². The number of carbonyl (C=O) groups is 1. The van der Waals surface area contributed by atoms with Crippen molar-refractivity contribution in [3.05, 3.63) is 93.7 Å². The van der Waals surface area contributed by atoms with Crippen LogP contribution >= 0.6 is 11.6 Å². The average molecular weight is 455 g/mol. The third-order valence-corrected chi connectivity index (χ3v) is 6.66. The van der Waals surface area contributed by atoms with Crippen LogP contribution in [0.25, 0.3) is 10.9 Å². The fourth-order valence-electron chi connectivity index (χ4n) is 3.14. The highest BCUT2D eigenvalue weighted by Gasteiger charge is 2.27. The molecule has 0 aliphatic rings. The third-order valence-electron chi connectivity index (χ3n) is 4.61. The second kappa shape index (κ2) is 7.90. The van der Waals surface area contributed by atoms with Gasteiger partial charge in [-0.25, -0.2) is 8.42 Å². The number of aromatic hydroxyl groups is 1. The molecule has 156 valence electrons. The number of H-pyrrole nitrogens is 1. The molecular formula is C22H15ClN2O5S. The predicted molar refractivity (Wildman–Crippen MR) is 118 cm³/mol. The Bertz CT molecular complexity index is 1480. The molecule has 0 aliphatic heterocycles. The normalized spacial score (nSPS) is 11.4. The highest BCUT2D eigenvalue weighted by atomic mass is 35.5. The number of hydrogen-bond acceptors (Lipinski definition) is 5. The molecular weight excluding hydrogens is 440 g/mol. The molecule has 31 heavy (non-hydrogen) atoms. The number of amides is 1. The maximum atomic E-state index is 12.9. The second-order valence-electron chi connectivity index (χ2n) is 6.67. The Kier molecular flexibility index (Phi) is 5.26. The molecule has 0 radical (unpaired) electrons. The number of aromatic nitrogens is 1. The maximum Gasteiger partial charge on any atom is 0.271 e. The van der Waals surface area contributed by atoms with E-state index in [1.807, 2.05) is 0 Å². The first-order valence-corrected chi connectivity index (χ1v) is 10.9. The summed E-state index contributed by atoms with van der Waals surface area (Å²) >= 11 is 5.92. The summed E-state index contributed by atoms with van der Waals surface area (Å²) in [5.74, 6) is -1.14. The molecule has 7 nitrogen and oxygen atoms in total. The van der Waals surface area contributed by atoms with Crippen molar-refractivity contribution in [2.75, 3.05) is 5.32 Å². The lowest BCUT2D eigenvalue weighted by atomic mass is 10.1. The number of halogens is 1. The average Bonchev–Trinajstić information content (AvgIpc) is 2.73. The predicted octanol–water partition coefficient (Wildman–Crippen LogP) is 3.97. The van der Waals surface area contributed by atoms with Crippen LogP contribution in [-0.2, 0) is 9.84 Å². The van der Waals surface area contributed by atoms with Gasteiger partial charge in [-0.05, 0) is 48.5 Å². The van der Waals surface area contributed by atoms with Crippen LogP contribution in [0.15, 0.2) is 87.4 Å². The minimum absolute atomic E-state index is 0.0911. The van der Waals surface area contributed by atoms with Crippen LogP contribution < -0.4 is 10.9 Å². The van der Waals surface area contributed by atoms with Crippen LogP contribution in [0.1, 0.15) is 10.4 Å². The van der Waals surface area contributed by atoms with Gasteiger partial charge in [0, 0.05) is 21.7 Å². The third kappa shape index (κ3) is 3.90. The zero-order chi connectivity index (χ0) is 22.2. The van der Waals surface area contributed by atoms with Crippen LogP contribution in [0.3, 0.4) is 0 Å². The van der Waals surface area contributed by atoms with E-state index in [1.54, 1.807) is 30.3 Å². The van der Waals surface area contributed by atoms with Crippen LogP contribution in [0.4, 0.5) is 5.69 Å². The first-order chi connectivity index (χ1) is 14.8. The van der Waals surface area contributed by atoms with E-state index in [4.69, 9.17) is 11.6 Å². The summed E-state index contributed by atoms with van der Waals surface area (Å²) in [6.07, 6.45) is 0. The Morgan fingerprint density at radius 1 is 0.968 bits per heavy atom. The van der Waals surface area contributed by atoms with Gasteiger partial charge >= 0.3 is 0 Å². The zero-order valence-corrected chi connectivity index (χ0v) is 17.4. The highest BCUT2D eigenvalue weighted by Crippen LogP contribution is 2.31. The first-order valence-electron chi connectivity index (χ1n) is 9.03. The Morgan fingerprint density at radius 2 is 1.71 bits per heavy atom. The van der Waals surface area contributed by atoms with Gasteiger partial charge in [0.25, 0.3) is 11.5 Å². The molecule has 0 saturated heterocycles. The molecule has 1 aromatic heterocycles. The minimum Gasteiger partial charge on any atom is -0.506 e. The smallest absolute Gasteiger partial charge is 0.271 e. The van der Waals surface area contributed by atoms with Crippen LogP contribution in [-0.4, -0.2) is 24.4 Å². The van der Waals surface area contributed by atoms with Crippen molar-refractivity contribution in [2.45, 2.75) is 9.79 Å². The Labute approximate surface area is 181 Å². The lowest BCUT2D eigenvalue weighted by molar-refractivity contribution is 0.102. The summed E-state index contributed by atoms with van der Waals surface area (Å²) in [5, 5.41) is 13.8. The SMILES string of the molecule is O=C(Nc1cccc(Cl)c1)c1ccc2c(O)c(S(=O)(=O)c3ccccc3)c(=O)[nH]c2c1. The number of anilines is 1. The van der Waals surface area contributed by atoms with Gasteiger partial charge in [0.05, 0.1) is 10.4 Å². The van der Waals surface area contributed by atoms with Crippen LogP contribution in [0, 0.1) is 0 Å². The van der Waals surface area contributed by atoms with Crippen molar-refractivity contribution in [1.29, 1.82) is 0 Å². The standard InChI is InChI=1S/C22H15ClN2O5S/c23-14-5-4-6-15(12-14)24-21(27)13-9-10-17-18(11-13)25-22(28)20(19(17)26)31(29,30)16-7-2-1-3-8-16/h1-12H,(H,24,27)(H2,25,26,28). The molecule has 9 heteroatoms. The van der Waals surface area contributed by atoms with E-state index in [0.29, 0.717) is 10.7 Å². The molecule has 0 aliphatic carbocycles. The molecule has 0 unspecified atom stereocenters. The molecule has 3 N–H and O–H groups in total. The quantitative estimate of drug-likeness (QED) is 0.431. The van der Waals surface area contributed by atoms with Crippen molar-refractivity contribution >= 4 is 43.9 Å². The number of sulfone groups is 1. The largest absolute Gasteiger partial charge is 0.506 e. The Balaban J connectivity index is 1.77. The molecule has 4 aromatic rings. The molecule has 0 spiro atoms. The first kappa shape index (κ1) is 20.6. The van der Waals surface area contributed by atoms with E-state index in [2.05, 4.69) is 10.3 Å². The van der Waals surface area contributed by atoms with Crippen molar-refractivity contribution in [3.8, 4) is 5.75 Å². The highest BCUT2D eigenvalue weighted by molar-refractivity contribution is 7.91. The van der Waals surface area contributed by atoms with Gasteiger partial charge in [-0.2, -0.15) is 0 Å². The summed E-state index contributed by atoms with van der Waals surface area (Å²) in [6.45, 7) is 0. The lowest BCUT2D eigenvalue weighted by Crippen LogP contribution is -2.18. The fourth-order valence-corrected chi connectivity index (χ4v) is 4.74. The number of fused-ring (bicyclic) bond motifs is 1. The monoisotopic (exact) mass is 454 g/mol. The molecule has 1 amide bonds. The van der Waals surface area contributed by atoms with E-state index in [1.165, 1.54) is 42.5 Å². The lowest BCUT2D eigenvalue weighted by Gasteiger charge is -2.10. The van der Waals surface area contributed by atoms with Gasteiger partial charge in [0.2, 0.25) is 9.84 Å². The zero-order valence-electron chi connectivity index (χ0n) is 15.8. The minimum atomic E-state index is -4.25. The van der Waals surface area contributed by atoms with Gasteiger partial charge in [0.15, 0.2) is 4.90 Å². The maximum absolute atomic E-state index is 12.9. The fraction of sp³-hybridized carbons (Fsp3) is 0. The molecule has 0 bridgehead atoms. The Hall–Kier alpha value is -3.62. The molecule has 0 atom stereocenters. The summed E-state index contributed by atoms with van der Waals surface area (Å²) in [6, 6.07) is 18.1. The number of nitrogens with one attached hydrogen (secondary N) is 2. The second-order valence-corrected chi connectivity index (χ2v) is 9.00. The van der Waals surface area contributed by atoms with E-state index in [-0.39, 0.29) is 21.4 Å². The number of benzene rings is 3. The van der Waals surface area contributed by atoms with Gasteiger partial charge in [0.1, 0.15) is 5.75 Å². The molecule has 4 rings (SSSR count). The van der Waals surface area contributed by atoms with Crippen molar-refractivity contribution in [3.63, 3.8) is 0 Å². The van der Waals surface area contributed by atoms with Gasteiger partial charge in [-0.15, -0.1) is 0 Å². The van der Waals surface area contributed by atoms with Crippen molar-refractivity contribution in [2.24, 2.45) is 0 Å². The van der Waals surface area contributed by atoms with E-state index in [0.717, 1.165) is 0 Å². The number of pyridine rings is 1. The van der Waals surface area contributed by atoms with Gasteiger partial charge in [-0.1, -0.05) is 35.9 Å². The van der Waals surface area contributed by atoms with Crippen LogP contribution in [0.2, 0.25) is 5.02 Å². The molecule has 0 saturated carbocycles. The molecule has 1 heterocycles. The summed E-state index contributed by atoms with van der Waals surface area (Å²) < 4.78 is 25.7. The van der Waals surface area contributed by atoms with Crippen LogP contribution in [0.5, 0.6) is 5.75 Å². The summed E-state index contributed by atoms with van der Waals surface area (Å²) in [5.41, 5.74) is -0.186. The van der Waals surface area contributed by atoms with Crippen molar-refractivity contribution in [1.82, 2.24) is 4.98 Å². The molecule has 3 aromatic carbocycles. The van der Waals surface area contributed by atoms with Crippen molar-refractivity contribution < 1.29 is 18.3 Å². The summed E-state index contributed by atoms with van der Waals surface area (Å²) in [7, 11) is -4.25. The van der Waals surface area contributed by atoms with E-state index < -0.39 is 31.9 Å². The number of rotatable bonds is 4. The van der Waals surface area contributed by atoms with Gasteiger partial charge in [-0.3, -0.25) is 9.59 Å². The van der Waals surface area contributed by atoms with E-state index >= 15 is 0 Å². The number of aromatic amines is 1. The van der Waals surface area contributed by atoms with E-state index in [9.17, 15) is 23.1 Å². The summed E-state index contributed by atoms with van der Waals surface area (Å²) in [4.78, 5) is 26.7. The number of hydrogen-bond donors (Lipinski definition) is 3.